The molecule has 12 heteroatoms. The summed E-state index contributed by atoms with van der Waals surface area (Å²) in [5.74, 6) is -1.09. The maximum Gasteiger partial charge on any atom is 0.337 e. The molecule has 6 aromatic rings. The molecular formula is C30H25F2N7O2S. The fourth-order valence-electron chi connectivity index (χ4n) is 4.86. The number of fused-ring (bicyclic) bond motifs is 1. The van der Waals surface area contributed by atoms with Gasteiger partial charge in [-0.1, -0.05) is 18.2 Å². The largest absolute Gasteiger partial charge is 0.399 e. The second-order valence-corrected chi connectivity index (χ2v) is 11.0. The van der Waals surface area contributed by atoms with Gasteiger partial charge in [-0.05, 0) is 67.7 Å². The Bertz CT molecular complexity index is 2010. The molecular weight excluding hydrogens is 560 g/mol. The van der Waals surface area contributed by atoms with E-state index in [2.05, 4.69) is 10.1 Å². The highest BCUT2D eigenvalue weighted by atomic mass is 32.1. The molecule has 0 amide bonds. The molecule has 0 aliphatic carbocycles. The first-order valence-electron chi connectivity index (χ1n) is 12.9. The van der Waals surface area contributed by atoms with Gasteiger partial charge in [0.1, 0.15) is 16.5 Å². The normalized spacial score (nSPS) is 11.5. The molecule has 4 heterocycles. The van der Waals surface area contributed by atoms with Crippen LogP contribution in [0.25, 0.3) is 32.2 Å². The first-order valence-corrected chi connectivity index (χ1v) is 13.8. The van der Waals surface area contributed by atoms with Gasteiger partial charge in [-0.25, -0.2) is 27.8 Å². The number of benzene rings is 2. The Kier molecular flexibility index (Phi) is 7.01. The van der Waals surface area contributed by atoms with E-state index in [0.29, 0.717) is 28.4 Å². The molecule has 2 aromatic carbocycles. The SMILES string of the molecule is CN(C)Cc1c(-c2ccc(N)cc2)sc2c1c(=O)n(-c1ccc(-n3cccn3)nc1)c(=O)n2Cc1c(F)cccc1F. The molecule has 0 atom stereocenters. The Hall–Kier alpha value is -4.94. The van der Waals surface area contributed by atoms with Crippen LogP contribution < -0.4 is 17.0 Å². The average molecular weight is 586 g/mol. The lowest BCUT2D eigenvalue weighted by molar-refractivity contribution is 0.405. The van der Waals surface area contributed by atoms with E-state index in [9.17, 15) is 18.4 Å². The van der Waals surface area contributed by atoms with Crippen molar-refractivity contribution in [3.63, 3.8) is 0 Å². The van der Waals surface area contributed by atoms with Crippen LogP contribution in [0.2, 0.25) is 0 Å². The minimum Gasteiger partial charge on any atom is -0.399 e. The van der Waals surface area contributed by atoms with Crippen LogP contribution in [0.4, 0.5) is 14.5 Å². The fourth-order valence-corrected chi connectivity index (χ4v) is 6.17. The summed E-state index contributed by atoms with van der Waals surface area (Å²) < 4.78 is 33.5. The summed E-state index contributed by atoms with van der Waals surface area (Å²) in [5, 5.41) is 4.44. The lowest BCUT2D eigenvalue weighted by Crippen LogP contribution is -2.39. The Labute approximate surface area is 242 Å². The van der Waals surface area contributed by atoms with Crippen LogP contribution in [0.1, 0.15) is 11.1 Å². The number of halogens is 2. The Balaban J connectivity index is 1.66. The van der Waals surface area contributed by atoms with E-state index in [1.165, 1.54) is 28.2 Å². The van der Waals surface area contributed by atoms with Gasteiger partial charge in [0.25, 0.3) is 5.56 Å². The lowest BCUT2D eigenvalue weighted by atomic mass is 10.1. The molecule has 0 unspecified atom stereocenters. The highest BCUT2D eigenvalue weighted by Gasteiger charge is 2.25. The van der Waals surface area contributed by atoms with Gasteiger partial charge in [0, 0.05) is 35.1 Å². The third kappa shape index (κ3) is 4.80. The number of thiophene rings is 1. The molecule has 212 valence electrons. The van der Waals surface area contributed by atoms with Crippen LogP contribution >= 0.6 is 11.3 Å². The Morgan fingerprint density at radius 1 is 0.952 bits per heavy atom. The number of pyridine rings is 1. The summed E-state index contributed by atoms with van der Waals surface area (Å²) >= 11 is 1.23. The van der Waals surface area contributed by atoms with E-state index in [1.807, 2.05) is 31.1 Å². The summed E-state index contributed by atoms with van der Waals surface area (Å²) in [6.07, 6.45) is 4.72. The van der Waals surface area contributed by atoms with E-state index in [-0.39, 0.29) is 16.6 Å². The first-order chi connectivity index (χ1) is 20.2. The van der Waals surface area contributed by atoms with Crippen LogP contribution in [0.5, 0.6) is 0 Å². The number of rotatable bonds is 7. The van der Waals surface area contributed by atoms with Crippen LogP contribution in [-0.2, 0) is 13.1 Å². The summed E-state index contributed by atoms with van der Waals surface area (Å²) in [6.45, 7) is -0.0479. The van der Waals surface area contributed by atoms with E-state index < -0.39 is 29.4 Å². The predicted octanol–water partition coefficient (Wildman–Crippen LogP) is 4.43. The van der Waals surface area contributed by atoms with Crippen LogP contribution in [0, 0.1) is 11.6 Å². The van der Waals surface area contributed by atoms with Gasteiger partial charge in [-0.3, -0.25) is 9.36 Å². The minimum absolute atomic E-state index is 0.210. The molecule has 0 saturated carbocycles. The van der Waals surface area contributed by atoms with Crippen molar-refractivity contribution in [3.05, 3.63) is 123 Å². The molecule has 2 N–H and O–H groups in total. The summed E-state index contributed by atoms with van der Waals surface area (Å²) in [7, 11) is 3.74. The topological polar surface area (TPSA) is 104 Å². The van der Waals surface area contributed by atoms with Crippen LogP contribution in [0.3, 0.4) is 0 Å². The molecule has 6 rings (SSSR count). The third-order valence-corrected chi connectivity index (χ3v) is 8.13. The Morgan fingerprint density at radius 3 is 2.31 bits per heavy atom. The number of hydrogen-bond acceptors (Lipinski definition) is 7. The smallest absolute Gasteiger partial charge is 0.337 e. The predicted molar refractivity (Wildman–Crippen MR) is 159 cm³/mol. The number of aromatic nitrogens is 5. The van der Waals surface area contributed by atoms with Gasteiger partial charge in [0.2, 0.25) is 0 Å². The van der Waals surface area contributed by atoms with E-state index in [1.54, 1.807) is 47.4 Å². The van der Waals surface area contributed by atoms with Crippen molar-refractivity contribution in [2.75, 3.05) is 19.8 Å². The number of nitrogen functional groups attached to an aromatic ring is 1. The highest BCUT2D eigenvalue weighted by molar-refractivity contribution is 7.22. The van der Waals surface area contributed by atoms with Gasteiger partial charge in [0.05, 0.1) is 23.8 Å². The summed E-state index contributed by atoms with van der Waals surface area (Å²) in [4.78, 5) is 35.7. The van der Waals surface area contributed by atoms with Crippen molar-refractivity contribution in [1.82, 2.24) is 28.8 Å². The van der Waals surface area contributed by atoms with Gasteiger partial charge >= 0.3 is 5.69 Å². The summed E-state index contributed by atoms with van der Waals surface area (Å²) in [6, 6.07) is 15.7. The van der Waals surface area contributed by atoms with Crippen molar-refractivity contribution in [2.24, 2.45) is 0 Å². The second-order valence-electron chi connectivity index (χ2n) is 9.98. The average Bonchev–Trinajstić information content (AvgIpc) is 3.62. The molecule has 0 bridgehead atoms. The molecule has 0 aliphatic heterocycles. The van der Waals surface area contributed by atoms with E-state index in [0.717, 1.165) is 27.1 Å². The molecule has 0 fully saturated rings. The second kappa shape index (κ2) is 10.8. The van der Waals surface area contributed by atoms with Crippen molar-refractivity contribution < 1.29 is 8.78 Å². The van der Waals surface area contributed by atoms with Crippen molar-refractivity contribution in [1.29, 1.82) is 0 Å². The zero-order valence-corrected chi connectivity index (χ0v) is 23.5. The number of anilines is 1. The zero-order valence-electron chi connectivity index (χ0n) is 22.7. The maximum absolute atomic E-state index is 14.9. The number of nitrogens with zero attached hydrogens (tertiary/aromatic N) is 6. The van der Waals surface area contributed by atoms with Crippen molar-refractivity contribution in [3.8, 4) is 21.9 Å². The molecule has 0 aliphatic rings. The molecule has 4 aromatic heterocycles. The molecule has 0 spiro atoms. The molecule has 0 radical (unpaired) electrons. The van der Waals surface area contributed by atoms with Gasteiger partial charge in [0.15, 0.2) is 5.82 Å². The highest BCUT2D eigenvalue weighted by Crippen LogP contribution is 2.38. The van der Waals surface area contributed by atoms with Gasteiger partial charge in [-0.2, -0.15) is 5.10 Å². The maximum atomic E-state index is 14.9. The minimum atomic E-state index is -0.790. The fraction of sp³-hybridized carbons (Fsp3) is 0.133. The van der Waals surface area contributed by atoms with Crippen LogP contribution in [-0.4, -0.2) is 42.9 Å². The molecule has 0 saturated heterocycles. The van der Waals surface area contributed by atoms with Gasteiger partial charge < -0.3 is 10.6 Å². The van der Waals surface area contributed by atoms with Crippen LogP contribution in [0.15, 0.2) is 88.8 Å². The monoisotopic (exact) mass is 585 g/mol. The van der Waals surface area contributed by atoms with Crippen molar-refractivity contribution in [2.45, 2.75) is 13.1 Å². The molecule has 9 nitrogen and oxygen atoms in total. The lowest BCUT2D eigenvalue weighted by Gasteiger charge is -2.15. The molecule has 42 heavy (non-hydrogen) atoms. The zero-order chi connectivity index (χ0) is 29.5. The number of nitrogens with two attached hydrogens (primary N) is 1. The first kappa shape index (κ1) is 27.2. The van der Waals surface area contributed by atoms with E-state index >= 15 is 0 Å². The quantitative estimate of drug-likeness (QED) is 0.278. The van der Waals surface area contributed by atoms with Gasteiger partial charge in [-0.15, -0.1) is 11.3 Å². The third-order valence-electron chi connectivity index (χ3n) is 6.83. The standard InChI is InChI=1S/C30H25F2N7O2S/c1-36(2)16-22-26-28(40)39(20-11-12-25(34-15-20)38-14-4-13-35-38)30(41)37(17-21-23(31)5-3-6-24(21)32)29(26)42-27(22)18-7-9-19(33)10-8-18/h3-15H,16-17,33H2,1-2H3. The van der Waals surface area contributed by atoms with E-state index in [4.69, 9.17) is 5.73 Å². The Morgan fingerprint density at radius 2 is 1.69 bits per heavy atom. The number of hydrogen-bond donors (Lipinski definition) is 1. The summed E-state index contributed by atoms with van der Waals surface area (Å²) in [5.41, 5.74) is 6.62. The van der Waals surface area contributed by atoms with Crippen molar-refractivity contribution >= 4 is 27.2 Å².